The van der Waals surface area contributed by atoms with E-state index in [-0.39, 0.29) is 11.7 Å². The second-order valence-corrected chi connectivity index (χ2v) is 4.18. The van der Waals surface area contributed by atoms with Crippen molar-refractivity contribution in [3.05, 3.63) is 24.2 Å². The number of likely N-dealkylation sites (tertiary alicyclic amines) is 1. The molecular weight excluding hydrogens is 222 g/mol. The minimum atomic E-state index is -0.938. The number of hydrogen-bond acceptors (Lipinski definition) is 3. The van der Waals surface area contributed by atoms with Gasteiger partial charge in [-0.3, -0.25) is 4.79 Å². The Balaban J connectivity index is 2.20. The Bertz CT molecular complexity index is 399. The molecule has 1 aromatic heterocycles. The Labute approximate surface area is 99.0 Å². The minimum absolute atomic E-state index is 0.207. The van der Waals surface area contributed by atoms with Crippen molar-refractivity contribution in [1.29, 1.82) is 0 Å². The van der Waals surface area contributed by atoms with Gasteiger partial charge < -0.3 is 14.4 Å². The maximum Gasteiger partial charge on any atom is 0.326 e. The summed E-state index contributed by atoms with van der Waals surface area (Å²) in [5.41, 5.74) is 0. The van der Waals surface area contributed by atoms with Gasteiger partial charge in [0.1, 0.15) is 6.04 Å². The number of hydrogen-bond donors (Lipinski definition) is 1. The van der Waals surface area contributed by atoms with E-state index in [1.807, 2.05) is 0 Å². The van der Waals surface area contributed by atoms with Crippen LogP contribution in [0.1, 0.15) is 36.2 Å². The fourth-order valence-corrected chi connectivity index (χ4v) is 2.15. The van der Waals surface area contributed by atoms with Gasteiger partial charge in [0.25, 0.3) is 5.91 Å². The first-order valence-corrected chi connectivity index (χ1v) is 5.77. The smallest absolute Gasteiger partial charge is 0.326 e. The van der Waals surface area contributed by atoms with Crippen LogP contribution in [0.5, 0.6) is 0 Å². The summed E-state index contributed by atoms with van der Waals surface area (Å²) < 4.78 is 5.03. The lowest BCUT2D eigenvalue weighted by Crippen LogP contribution is -2.44. The summed E-state index contributed by atoms with van der Waals surface area (Å²) in [5, 5.41) is 9.16. The molecule has 1 aromatic rings. The van der Waals surface area contributed by atoms with Gasteiger partial charge in [-0.2, -0.15) is 0 Å². The van der Waals surface area contributed by atoms with Gasteiger partial charge >= 0.3 is 5.97 Å². The molecule has 0 bridgehead atoms. The molecule has 1 amide bonds. The number of carboxylic acids is 1. The van der Waals surface area contributed by atoms with E-state index in [2.05, 4.69) is 0 Å². The summed E-state index contributed by atoms with van der Waals surface area (Å²) in [5.74, 6) is -1.06. The molecule has 1 atom stereocenters. The van der Waals surface area contributed by atoms with Crippen molar-refractivity contribution in [2.24, 2.45) is 0 Å². The highest BCUT2D eigenvalue weighted by molar-refractivity contribution is 5.94. The number of nitrogens with zero attached hydrogens (tertiary/aromatic N) is 1. The van der Waals surface area contributed by atoms with Crippen molar-refractivity contribution in [3.63, 3.8) is 0 Å². The second kappa shape index (κ2) is 5.03. The van der Waals surface area contributed by atoms with Gasteiger partial charge in [-0.25, -0.2) is 4.79 Å². The number of carboxylic acid groups (broad SMARTS) is 1. The van der Waals surface area contributed by atoms with Crippen molar-refractivity contribution in [1.82, 2.24) is 4.90 Å². The monoisotopic (exact) mass is 237 g/mol. The molecule has 1 N–H and O–H groups in total. The molecule has 2 rings (SSSR count). The Morgan fingerprint density at radius 2 is 2.18 bits per heavy atom. The van der Waals surface area contributed by atoms with E-state index in [0.717, 1.165) is 19.3 Å². The standard InChI is InChI=1S/C12H15NO4/c14-11(10-6-4-8-17-10)13-7-3-1-2-5-9(13)12(15)16/h4,6,8-9H,1-3,5,7H2,(H,15,16). The van der Waals surface area contributed by atoms with Crippen molar-refractivity contribution in [2.45, 2.75) is 31.7 Å². The third-order valence-corrected chi connectivity index (χ3v) is 3.03. The molecule has 92 valence electrons. The van der Waals surface area contributed by atoms with Crippen LogP contribution in [0, 0.1) is 0 Å². The lowest BCUT2D eigenvalue weighted by molar-refractivity contribution is -0.142. The van der Waals surface area contributed by atoms with Crippen LogP contribution in [0.25, 0.3) is 0 Å². The van der Waals surface area contributed by atoms with Crippen LogP contribution >= 0.6 is 0 Å². The molecule has 0 aliphatic carbocycles. The molecule has 0 aromatic carbocycles. The van der Waals surface area contributed by atoms with E-state index in [0.29, 0.717) is 13.0 Å². The number of carbonyl (C=O) groups is 2. The average Bonchev–Trinajstić information content (AvgIpc) is 2.71. The van der Waals surface area contributed by atoms with Crippen LogP contribution in [-0.4, -0.2) is 34.5 Å². The highest BCUT2D eigenvalue weighted by Crippen LogP contribution is 2.19. The van der Waals surface area contributed by atoms with Crippen molar-refractivity contribution >= 4 is 11.9 Å². The SMILES string of the molecule is O=C(O)C1CCCCCN1C(=O)c1ccco1. The third kappa shape index (κ3) is 2.49. The molecule has 0 radical (unpaired) electrons. The molecular formula is C12H15NO4. The zero-order valence-corrected chi connectivity index (χ0v) is 9.46. The molecule has 5 heteroatoms. The van der Waals surface area contributed by atoms with Crippen molar-refractivity contribution in [2.75, 3.05) is 6.54 Å². The van der Waals surface area contributed by atoms with Crippen LogP contribution in [0.4, 0.5) is 0 Å². The fourth-order valence-electron chi connectivity index (χ4n) is 2.15. The first-order valence-electron chi connectivity index (χ1n) is 5.77. The number of furan rings is 1. The summed E-state index contributed by atoms with van der Waals surface area (Å²) in [4.78, 5) is 24.7. The van der Waals surface area contributed by atoms with Gasteiger partial charge in [0.05, 0.1) is 6.26 Å². The van der Waals surface area contributed by atoms with Gasteiger partial charge in [0.15, 0.2) is 5.76 Å². The largest absolute Gasteiger partial charge is 0.480 e. The number of carbonyl (C=O) groups excluding carboxylic acids is 1. The Morgan fingerprint density at radius 3 is 2.82 bits per heavy atom. The fraction of sp³-hybridized carbons (Fsp3) is 0.500. The van der Waals surface area contributed by atoms with E-state index >= 15 is 0 Å². The Morgan fingerprint density at radius 1 is 1.35 bits per heavy atom. The maximum absolute atomic E-state index is 12.1. The zero-order valence-electron chi connectivity index (χ0n) is 9.46. The van der Waals surface area contributed by atoms with Crippen LogP contribution < -0.4 is 0 Å². The first kappa shape index (κ1) is 11.7. The number of rotatable bonds is 2. The van der Waals surface area contributed by atoms with E-state index in [9.17, 15) is 9.59 Å². The summed E-state index contributed by atoms with van der Waals surface area (Å²) in [7, 11) is 0. The van der Waals surface area contributed by atoms with Crippen LogP contribution in [0.15, 0.2) is 22.8 Å². The van der Waals surface area contributed by atoms with Gasteiger partial charge in [0, 0.05) is 6.54 Å². The van der Waals surface area contributed by atoms with E-state index in [4.69, 9.17) is 9.52 Å². The second-order valence-electron chi connectivity index (χ2n) is 4.18. The molecule has 1 aliphatic rings. The minimum Gasteiger partial charge on any atom is -0.480 e. The molecule has 0 spiro atoms. The highest BCUT2D eigenvalue weighted by atomic mass is 16.4. The average molecular weight is 237 g/mol. The first-order chi connectivity index (χ1) is 8.20. The van der Waals surface area contributed by atoms with Crippen LogP contribution in [0.2, 0.25) is 0 Å². The highest BCUT2D eigenvalue weighted by Gasteiger charge is 2.32. The molecule has 1 fully saturated rings. The molecule has 1 saturated heterocycles. The zero-order chi connectivity index (χ0) is 12.3. The third-order valence-electron chi connectivity index (χ3n) is 3.03. The summed E-state index contributed by atoms with van der Waals surface area (Å²) in [6, 6.07) is 2.46. The Kier molecular flexibility index (Phi) is 3.46. The lowest BCUT2D eigenvalue weighted by Gasteiger charge is -2.25. The normalized spacial score (nSPS) is 20.9. The molecule has 0 saturated carbocycles. The molecule has 5 nitrogen and oxygen atoms in total. The predicted octanol–water partition coefficient (Wildman–Crippen LogP) is 1.75. The summed E-state index contributed by atoms with van der Waals surface area (Å²) in [6.45, 7) is 0.483. The Hall–Kier alpha value is -1.78. The van der Waals surface area contributed by atoms with Gasteiger partial charge in [-0.15, -0.1) is 0 Å². The molecule has 1 aliphatic heterocycles. The van der Waals surface area contributed by atoms with Crippen molar-refractivity contribution in [3.8, 4) is 0 Å². The van der Waals surface area contributed by atoms with Crippen LogP contribution in [0.3, 0.4) is 0 Å². The molecule has 1 unspecified atom stereocenters. The molecule has 2 heterocycles. The van der Waals surface area contributed by atoms with E-state index < -0.39 is 12.0 Å². The molecule has 17 heavy (non-hydrogen) atoms. The number of aliphatic carboxylic acids is 1. The summed E-state index contributed by atoms with van der Waals surface area (Å²) in [6.07, 6.45) is 4.59. The van der Waals surface area contributed by atoms with Crippen LogP contribution in [-0.2, 0) is 4.79 Å². The lowest BCUT2D eigenvalue weighted by atomic mass is 10.1. The quantitative estimate of drug-likeness (QED) is 0.850. The van der Waals surface area contributed by atoms with Gasteiger partial charge in [-0.05, 0) is 25.0 Å². The van der Waals surface area contributed by atoms with Crippen molar-refractivity contribution < 1.29 is 19.1 Å². The number of amides is 1. The van der Waals surface area contributed by atoms with E-state index in [1.165, 1.54) is 11.2 Å². The predicted molar refractivity (Wildman–Crippen MR) is 59.6 cm³/mol. The van der Waals surface area contributed by atoms with Gasteiger partial charge in [0.2, 0.25) is 0 Å². The van der Waals surface area contributed by atoms with E-state index in [1.54, 1.807) is 12.1 Å². The van der Waals surface area contributed by atoms with Gasteiger partial charge in [-0.1, -0.05) is 12.8 Å². The maximum atomic E-state index is 12.1. The topological polar surface area (TPSA) is 70.8 Å². The summed E-state index contributed by atoms with van der Waals surface area (Å²) >= 11 is 0.